The van der Waals surface area contributed by atoms with Gasteiger partial charge in [-0.15, -0.1) is 0 Å². The molecule has 1 aliphatic rings. The number of hydrogen-bond acceptors (Lipinski definition) is 5. The summed E-state index contributed by atoms with van der Waals surface area (Å²) in [6.45, 7) is 5.16. The summed E-state index contributed by atoms with van der Waals surface area (Å²) >= 11 is 0. The van der Waals surface area contributed by atoms with Crippen LogP contribution in [0.4, 0.5) is 16.2 Å². The third-order valence-corrected chi connectivity index (χ3v) is 7.72. The molecule has 1 aliphatic heterocycles. The van der Waals surface area contributed by atoms with Crippen molar-refractivity contribution in [3.63, 3.8) is 0 Å². The van der Waals surface area contributed by atoms with E-state index in [4.69, 9.17) is 0 Å². The number of carbonyl (C=O) groups excluding carboxylic acids is 2. The average Bonchev–Trinajstić information content (AvgIpc) is 3.24. The van der Waals surface area contributed by atoms with Crippen LogP contribution in [0.15, 0.2) is 58.2 Å². The first-order chi connectivity index (χ1) is 16.2. The summed E-state index contributed by atoms with van der Waals surface area (Å²) in [7, 11) is -3.76. The van der Waals surface area contributed by atoms with Crippen molar-refractivity contribution in [3.05, 3.63) is 64.4 Å². The molecule has 0 saturated carbocycles. The van der Waals surface area contributed by atoms with Gasteiger partial charge in [-0.05, 0) is 36.4 Å². The molecule has 2 aromatic carbocycles. The minimum Gasteiger partial charge on any atom is -0.336 e. The summed E-state index contributed by atoms with van der Waals surface area (Å²) in [5.41, 5.74) is 0.955. The summed E-state index contributed by atoms with van der Waals surface area (Å²) in [6, 6.07) is 12.0. The van der Waals surface area contributed by atoms with E-state index in [9.17, 15) is 22.8 Å². The standard InChI is InChI=1S/C23H25N5O5S/c1-3-27(4-2)34(32,33)17-8-9-20-18(13-17)19(14-21(29)26-20)22(30)25-15-6-5-7-16(12-15)28-11-10-24-23(28)31/h5-9,12-14H,3-4,10-11H2,1-2H3,(H,24,31)(H,25,30)(H,26,29). The molecule has 34 heavy (non-hydrogen) atoms. The topological polar surface area (TPSA) is 132 Å². The van der Waals surface area contributed by atoms with E-state index in [1.165, 1.54) is 22.5 Å². The number of aromatic nitrogens is 1. The second kappa shape index (κ2) is 9.27. The average molecular weight is 484 g/mol. The minimum absolute atomic E-state index is 0.0341. The molecule has 1 aromatic heterocycles. The summed E-state index contributed by atoms with van der Waals surface area (Å²) in [4.78, 5) is 41.6. The number of pyridine rings is 1. The van der Waals surface area contributed by atoms with Gasteiger partial charge < -0.3 is 15.6 Å². The fourth-order valence-electron chi connectivity index (χ4n) is 3.96. The minimum atomic E-state index is -3.76. The van der Waals surface area contributed by atoms with Crippen LogP contribution < -0.4 is 21.1 Å². The molecule has 0 aliphatic carbocycles. The van der Waals surface area contributed by atoms with Crippen molar-refractivity contribution in [3.8, 4) is 0 Å². The van der Waals surface area contributed by atoms with Gasteiger partial charge in [0.1, 0.15) is 0 Å². The number of anilines is 2. The molecule has 0 radical (unpaired) electrons. The number of carbonyl (C=O) groups is 2. The van der Waals surface area contributed by atoms with E-state index >= 15 is 0 Å². The zero-order valence-electron chi connectivity index (χ0n) is 18.8. The second-order valence-corrected chi connectivity index (χ2v) is 9.67. The first kappa shape index (κ1) is 23.5. The maximum Gasteiger partial charge on any atom is 0.321 e. The van der Waals surface area contributed by atoms with Gasteiger partial charge in [0.15, 0.2) is 0 Å². The van der Waals surface area contributed by atoms with Crippen molar-refractivity contribution in [1.82, 2.24) is 14.6 Å². The number of hydrogen-bond donors (Lipinski definition) is 3. The molecule has 1 fully saturated rings. The van der Waals surface area contributed by atoms with Crippen molar-refractivity contribution < 1.29 is 18.0 Å². The lowest BCUT2D eigenvalue weighted by Gasteiger charge is -2.19. The van der Waals surface area contributed by atoms with Gasteiger partial charge in [-0.1, -0.05) is 19.9 Å². The normalized spacial score (nSPS) is 14.0. The molecule has 3 N–H and O–H groups in total. The molecule has 0 spiro atoms. The van der Waals surface area contributed by atoms with Crippen molar-refractivity contribution >= 4 is 44.2 Å². The van der Waals surface area contributed by atoms with E-state index in [0.717, 1.165) is 6.07 Å². The molecule has 10 nitrogen and oxygen atoms in total. The number of rotatable bonds is 7. The maximum atomic E-state index is 13.2. The predicted molar refractivity (Wildman–Crippen MR) is 130 cm³/mol. The van der Waals surface area contributed by atoms with Crippen LogP contribution in [0, 0.1) is 0 Å². The van der Waals surface area contributed by atoms with Crippen LogP contribution in [-0.2, 0) is 10.0 Å². The number of nitrogens with one attached hydrogen (secondary N) is 3. The van der Waals surface area contributed by atoms with Crippen LogP contribution >= 0.6 is 0 Å². The van der Waals surface area contributed by atoms with E-state index < -0.39 is 21.5 Å². The largest absolute Gasteiger partial charge is 0.336 e. The SMILES string of the molecule is CCN(CC)S(=O)(=O)c1ccc2[nH]c(=O)cc(C(=O)Nc3cccc(N4CCNC4=O)c3)c2c1. The molecule has 4 rings (SSSR count). The van der Waals surface area contributed by atoms with Gasteiger partial charge in [0.25, 0.3) is 5.91 Å². The summed E-state index contributed by atoms with van der Waals surface area (Å²) < 4.78 is 27.3. The number of sulfonamides is 1. The Hall–Kier alpha value is -3.70. The van der Waals surface area contributed by atoms with Crippen LogP contribution in [0.1, 0.15) is 24.2 Å². The fourth-order valence-corrected chi connectivity index (χ4v) is 5.45. The molecule has 3 aromatic rings. The number of H-pyrrole nitrogens is 1. The molecular formula is C23H25N5O5S. The number of fused-ring (bicyclic) bond motifs is 1. The quantitative estimate of drug-likeness (QED) is 0.475. The Morgan fingerprint density at radius 1 is 1.09 bits per heavy atom. The second-order valence-electron chi connectivity index (χ2n) is 7.73. The van der Waals surface area contributed by atoms with E-state index in [2.05, 4.69) is 15.6 Å². The van der Waals surface area contributed by atoms with E-state index in [1.807, 2.05) is 0 Å². The van der Waals surface area contributed by atoms with Gasteiger partial charge in [0.2, 0.25) is 15.6 Å². The number of benzene rings is 2. The van der Waals surface area contributed by atoms with Crippen molar-refractivity contribution in [2.45, 2.75) is 18.7 Å². The Bertz CT molecular complexity index is 1430. The van der Waals surface area contributed by atoms with Crippen LogP contribution in [-0.4, -0.2) is 55.8 Å². The Balaban J connectivity index is 1.72. The van der Waals surface area contributed by atoms with Crippen LogP contribution in [0.5, 0.6) is 0 Å². The molecule has 3 amide bonds. The third kappa shape index (κ3) is 4.39. The van der Waals surface area contributed by atoms with Crippen LogP contribution in [0.2, 0.25) is 0 Å². The first-order valence-electron chi connectivity index (χ1n) is 10.9. The summed E-state index contributed by atoms with van der Waals surface area (Å²) in [6.07, 6.45) is 0. The highest BCUT2D eigenvalue weighted by atomic mass is 32.2. The predicted octanol–water partition coefficient (Wildman–Crippen LogP) is 2.34. The first-order valence-corrected chi connectivity index (χ1v) is 12.3. The molecule has 0 bridgehead atoms. The Kier molecular flexibility index (Phi) is 6.40. The van der Waals surface area contributed by atoms with E-state index in [-0.39, 0.29) is 16.5 Å². The zero-order chi connectivity index (χ0) is 24.5. The number of aromatic amines is 1. The lowest BCUT2D eigenvalue weighted by Crippen LogP contribution is -2.30. The van der Waals surface area contributed by atoms with Gasteiger partial charge in [-0.25, -0.2) is 13.2 Å². The van der Waals surface area contributed by atoms with Crippen molar-refractivity contribution in [1.29, 1.82) is 0 Å². The van der Waals surface area contributed by atoms with Crippen molar-refractivity contribution in [2.24, 2.45) is 0 Å². The number of urea groups is 1. The van der Waals surface area contributed by atoms with Gasteiger partial charge in [0.05, 0.1) is 10.5 Å². The van der Waals surface area contributed by atoms with Crippen molar-refractivity contribution in [2.75, 3.05) is 36.4 Å². The lowest BCUT2D eigenvalue weighted by atomic mass is 10.1. The summed E-state index contributed by atoms with van der Waals surface area (Å²) in [5.74, 6) is -0.573. The fraction of sp³-hybridized carbons (Fsp3) is 0.261. The van der Waals surface area contributed by atoms with Gasteiger partial charge in [-0.2, -0.15) is 4.31 Å². The summed E-state index contributed by atoms with van der Waals surface area (Å²) in [5, 5.41) is 5.78. The van der Waals surface area contributed by atoms with Crippen LogP contribution in [0.25, 0.3) is 10.9 Å². The van der Waals surface area contributed by atoms with Gasteiger partial charge in [-0.3, -0.25) is 14.5 Å². The molecule has 2 heterocycles. The Morgan fingerprint density at radius 2 is 1.85 bits per heavy atom. The number of nitrogens with zero attached hydrogens (tertiary/aromatic N) is 2. The highest BCUT2D eigenvalue weighted by molar-refractivity contribution is 7.89. The van der Waals surface area contributed by atoms with E-state index in [1.54, 1.807) is 43.0 Å². The molecule has 178 valence electrons. The third-order valence-electron chi connectivity index (χ3n) is 5.67. The van der Waals surface area contributed by atoms with E-state index in [0.29, 0.717) is 48.5 Å². The number of amides is 3. The molecule has 1 saturated heterocycles. The van der Waals surface area contributed by atoms with Gasteiger partial charge >= 0.3 is 6.03 Å². The molecule has 11 heteroatoms. The monoisotopic (exact) mass is 483 g/mol. The highest BCUT2D eigenvalue weighted by Crippen LogP contribution is 2.25. The molecule has 0 unspecified atom stereocenters. The molecular weight excluding hydrogens is 458 g/mol. The zero-order valence-corrected chi connectivity index (χ0v) is 19.6. The Morgan fingerprint density at radius 3 is 2.53 bits per heavy atom. The Labute approximate surface area is 196 Å². The smallest absolute Gasteiger partial charge is 0.321 e. The lowest BCUT2D eigenvalue weighted by molar-refractivity contribution is 0.102. The van der Waals surface area contributed by atoms with Gasteiger partial charge in [0, 0.05) is 54.5 Å². The molecule has 0 atom stereocenters. The van der Waals surface area contributed by atoms with Crippen LogP contribution in [0.3, 0.4) is 0 Å². The highest BCUT2D eigenvalue weighted by Gasteiger charge is 2.24. The maximum absolute atomic E-state index is 13.2.